The first-order valence-corrected chi connectivity index (χ1v) is 5.01. The molecule has 0 radical (unpaired) electrons. The maximum Gasteiger partial charge on any atom is 0.351 e. The van der Waals surface area contributed by atoms with E-state index in [1.807, 2.05) is 0 Å². The van der Waals surface area contributed by atoms with E-state index in [1.165, 1.54) is 12.3 Å². The second-order valence-corrected chi connectivity index (χ2v) is 3.77. The maximum absolute atomic E-state index is 11.5. The molecular formula is C9H13N3O5. The van der Waals surface area contributed by atoms with Crippen LogP contribution in [0.1, 0.15) is 6.23 Å². The summed E-state index contributed by atoms with van der Waals surface area (Å²) >= 11 is 0. The maximum atomic E-state index is 11.5. The number of nitrogens with zero attached hydrogens (tertiary/aromatic N) is 2. The van der Waals surface area contributed by atoms with Gasteiger partial charge in [-0.05, 0) is 6.07 Å². The molecule has 1 aromatic heterocycles. The first kappa shape index (κ1) is 12.0. The van der Waals surface area contributed by atoms with Crippen LogP contribution in [-0.4, -0.2) is 49.8 Å². The van der Waals surface area contributed by atoms with E-state index in [2.05, 4.69) is 4.98 Å². The average molecular weight is 243 g/mol. The number of anilines is 1. The van der Waals surface area contributed by atoms with Crippen molar-refractivity contribution in [3.05, 3.63) is 22.7 Å². The summed E-state index contributed by atoms with van der Waals surface area (Å²) in [5.41, 5.74) is 4.63. The van der Waals surface area contributed by atoms with Crippen LogP contribution < -0.4 is 11.4 Å². The van der Waals surface area contributed by atoms with Crippen molar-refractivity contribution in [3.63, 3.8) is 0 Å². The summed E-state index contributed by atoms with van der Waals surface area (Å²) in [6, 6.07) is 1.37. The minimum atomic E-state index is -1.31. The van der Waals surface area contributed by atoms with E-state index in [4.69, 9.17) is 15.6 Å². The first-order valence-electron chi connectivity index (χ1n) is 5.01. The van der Waals surface area contributed by atoms with E-state index < -0.39 is 36.8 Å². The van der Waals surface area contributed by atoms with Crippen molar-refractivity contribution in [2.45, 2.75) is 24.5 Å². The third-order valence-corrected chi connectivity index (χ3v) is 2.64. The van der Waals surface area contributed by atoms with Crippen molar-refractivity contribution >= 4 is 5.82 Å². The highest BCUT2D eigenvalue weighted by molar-refractivity contribution is 5.23. The molecule has 8 heteroatoms. The van der Waals surface area contributed by atoms with E-state index in [-0.39, 0.29) is 5.82 Å². The Morgan fingerprint density at radius 2 is 2.18 bits per heavy atom. The summed E-state index contributed by atoms with van der Waals surface area (Å²) in [7, 11) is 0. The van der Waals surface area contributed by atoms with Crippen LogP contribution in [-0.2, 0) is 4.74 Å². The van der Waals surface area contributed by atoms with Crippen LogP contribution in [0.25, 0.3) is 0 Å². The summed E-state index contributed by atoms with van der Waals surface area (Å²) in [6.45, 7) is -0.453. The van der Waals surface area contributed by atoms with Crippen molar-refractivity contribution in [2.75, 3.05) is 12.3 Å². The zero-order valence-electron chi connectivity index (χ0n) is 8.80. The molecule has 17 heavy (non-hydrogen) atoms. The highest BCUT2D eigenvalue weighted by atomic mass is 16.6. The van der Waals surface area contributed by atoms with Gasteiger partial charge in [-0.2, -0.15) is 4.98 Å². The van der Waals surface area contributed by atoms with Crippen molar-refractivity contribution in [1.29, 1.82) is 0 Å². The lowest BCUT2D eigenvalue weighted by Gasteiger charge is -2.16. The van der Waals surface area contributed by atoms with Crippen molar-refractivity contribution in [2.24, 2.45) is 0 Å². The molecule has 0 saturated carbocycles. The Bertz CT molecular complexity index is 462. The predicted molar refractivity (Wildman–Crippen MR) is 55.9 cm³/mol. The Labute approximate surface area is 95.9 Å². The molecule has 1 aromatic rings. The summed E-state index contributed by atoms with van der Waals surface area (Å²) in [5, 5.41) is 28.2. The van der Waals surface area contributed by atoms with Gasteiger partial charge in [-0.15, -0.1) is 0 Å². The molecule has 3 unspecified atom stereocenters. The van der Waals surface area contributed by atoms with E-state index in [0.29, 0.717) is 0 Å². The SMILES string of the molecule is Nc1ccn([C@H]2OC(CO)C(O)C2O)c(=O)n1. The Kier molecular flexibility index (Phi) is 3.11. The molecule has 1 aliphatic heterocycles. The fourth-order valence-corrected chi connectivity index (χ4v) is 1.73. The highest BCUT2D eigenvalue weighted by Gasteiger charge is 2.43. The van der Waals surface area contributed by atoms with Gasteiger partial charge in [-0.3, -0.25) is 4.57 Å². The van der Waals surface area contributed by atoms with E-state index >= 15 is 0 Å². The normalized spacial score (nSPS) is 32.9. The van der Waals surface area contributed by atoms with Crippen LogP contribution in [0, 0.1) is 0 Å². The number of aromatic nitrogens is 2. The Morgan fingerprint density at radius 1 is 1.47 bits per heavy atom. The summed E-state index contributed by atoms with van der Waals surface area (Å²) < 4.78 is 6.19. The van der Waals surface area contributed by atoms with Gasteiger partial charge in [0, 0.05) is 6.20 Å². The molecule has 0 amide bonds. The fraction of sp³-hybridized carbons (Fsp3) is 0.556. The predicted octanol–water partition coefficient (Wildman–Crippen LogP) is -2.56. The molecular weight excluding hydrogens is 230 g/mol. The average Bonchev–Trinajstić information content (AvgIpc) is 2.57. The lowest BCUT2D eigenvalue weighted by atomic mass is 10.1. The molecule has 2 rings (SSSR count). The van der Waals surface area contributed by atoms with Gasteiger partial charge in [0.15, 0.2) is 6.23 Å². The third-order valence-electron chi connectivity index (χ3n) is 2.64. The minimum Gasteiger partial charge on any atom is -0.394 e. The van der Waals surface area contributed by atoms with Crippen LogP contribution in [0.4, 0.5) is 5.82 Å². The molecule has 8 nitrogen and oxygen atoms in total. The smallest absolute Gasteiger partial charge is 0.351 e. The second-order valence-electron chi connectivity index (χ2n) is 3.77. The fourth-order valence-electron chi connectivity index (χ4n) is 1.73. The molecule has 1 saturated heterocycles. The minimum absolute atomic E-state index is 0.0537. The van der Waals surface area contributed by atoms with E-state index in [1.54, 1.807) is 0 Å². The van der Waals surface area contributed by atoms with Crippen molar-refractivity contribution in [1.82, 2.24) is 9.55 Å². The van der Waals surface area contributed by atoms with E-state index in [0.717, 1.165) is 4.57 Å². The number of aliphatic hydroxyl groups excluding tert-OH is 3. The third kappa shape index (κ3) is 2.03. The van der Waals surface area contributed by atoms with Gasteiger partial charge >= 0.3 is 5.69 Å². The number of ether oxygens (including phenoxy) is 1. The van der Waals surface area contributed by atoms with Gasteiger partial charge in [0.05, 0.1) is 6.61 Å². The summed E-state index contributed by atoms with van der Waals surface area (Å²) in [5.74, 6) is 0.0537. The number of hydrogen-bond acceptors (Lipinski definition) is 7. The molecule has 0 aromatic carbocycles. The number of hydrogen-bond donors (Lipinski definition) is 4. The van der Waals surface area contributed by atoms with Crippen LogP contribution in [0.15, 0.2) is 17.1 Å². The molecule has 2 heterocycles. The lowest BCUT2D eigenvalue weighted by molar-refractivity contribution is -0.0549. The highest BCUT2D eigenvalue weighted by Crippen LogP contribution is 2.27. The number of aliphatic hydroxyl groups is 3. The van der Waals surface area contributed by atoms with Crippen LogP contribution in [0.5, 0.6) is 0 Å². The largest absolute Gasteiger partial charge is 0.394 e. The zero-order valence-corrected chi connectivity index (χ0v) is 8.80. The standard InChI is InChI=1S/C9H13N3O5/c10-5-1-2-12(9(16)11-5)8-7(15)6(14)4(3-13)17-8/h1-2,4,6-8,13-15H,3H2,(H2,10,11,16)/t4?,6?,7?,8-/m0/s1. The molecule has 1 fully saturated rings. The first-order chi connectivity index (χ1) is 8.04. The Hall–Kier alpha value is -1.48. The number of rotatable bonds is 2. The molecule has 0 bridgehead atoms. The molecule has 1 aliphatic rings. The van der Waals surface area contributed by atoms with Gasteiger partial charge in [0.1, 0.15) is 24.1 Å². The van der Waals surface area contributed by atoms with Crippen LogP contribution >= 0.6 is 0 Å². The van der Waals surface area contributed by atoms with E-state index in [9.17, 15) is 15.0 Å². The molecule has 5 N–H and O–H groups in total. The monoisotopic (exact) mass is 243 g/mol. The van der Waals surface area contributed by atoms with Gasteiger partial charge in [-0.1, -0.05) is 0 Å². The van der Waals surface area contributed by atoms with Gasteiger partial charge in [0.25, 0.3) is 0 Å². The quantitative estimate of drug-likeness (QED) is 0.449. The zero-order chi connectivity index (χ0) is 12.6. The molecule has 0 spiro atoms. The summed E-state index contributed by atoms with van der Waals surface area (Å²) in [4.78, 5) is 15.0. The van der Waals surface area contributed by atoms with Gasteiger partial charge in [-0.25, -0.2) is 4.79 Å². The number of nitrogens with two attached hydrogens (primary N) is 1. The van der Waals surface area contributed by atoms with Crippen LogP contribution in [0.3, 0.4) is 0 Å². The number of nitrogen functional groups attached to an aromatic ring is 1. The molecule has 4 atom stereocenters. The van der Waals surface area contributed by atoms with Crippen molar-refractivity contribution < 1.29 is 20.1 Å². The van der Waals surface area contributed by atoms with Crippen LogP contribution in [0.2, 0.25) is 0 Å². The van der Waals surface area contributed by atoms with Gasteiger partial charge < -0.3 is 25.8 Å². The second kappa shape index (κ2) is 4.41. The topological polar surface area (TPSA) is 131 Å². The Morgan fingerprint density at radius 3 is 2.71 bits per heavy atom. The lowest BCUT2D eigenvalue weighted by Crippen LogP contribution is -2.36. The Balaban J connectivity index is 2.32. The van der Waals surface area contributed by atoms with Gasteiger partial charge in [0.2, 0.25) is 0 Å². The summed E-state index contributed by atoms with van der Waals surface area (Å²) in [6.07, 6.45) is -3.27. The van der Waals surface area contributed by atoms with Crippen molar-refractivity contribution in [3.8, 4) is 0 Å². The molecule has 0 aliphatic carbocycles. The molecule has 94 valence electrons.